The van der Waals surface area contributed by atoms with Crippen LogP contribution in [0.5, 0.6) is 0 Å². The maximum Gasteiger partial charge on any atom is 0.223 e. The van der Waals surface area contributed by atoms with Crippen LogP contribution in [0, 0.1) is 17.6 Å². The molecule has 0 bridgehead atoms. The number of halogens is 2. The summed E-state index contributed by atoms with van der Waals surface area (Å²) in [5, 5.41) is 3.61. The minimum absolute atomic E-state index is 0.0911. The van der Waals surface area contributed by atoms with Crippen molar-refractivity contribution in [3.05, 3.63) is 41.9 Å². The number of oxazole rings is 1. The monoisotopic (exact) mass is 389 g/mol. The van der Waals surface area contributed by atoms with Crippen molar-refractivity contribution in [1.29, 1.82) is 0 Å². The topological polar surface area (TPSA) is 58.4 Å². The van der Waals surface area contributed by atoms with Crippen LogP contribution < -0.4 is 5.32 Å². The highest BCUT2D eigenvalue weighted by atomic mass is 19.1. The van der Waals surface area contributed by atoms with Gasteiger partial charge in [-0.15, -0.1) is 0 Å². The fourth-order valence-electron chi connectivity index (χ4n) is 3.60. The maximum atomic E-state index is 13.8. The second-order valence-electron chi connectivity index (χ2n) is 7.75. The van der Waals surface area contributed by atoms with Gasteiger partial charge in [0.05, 0.1) is 11.8 Å². The molecule has 0 spiro atoms. The Bertz CT molecular complexity index is 827. The molecule has 2 aromatic rings. The number of aromatic nitrogens is 1. The molecular weight excluding hydrogens is 364 g/mol. The molecular formula is C21H25F2N3O2. The highest BCUT2D eigenvalue weighted by Gasteiger charge is 2.26. The fraction of sp³-hybridized carbons (Fsp3) is 0.524. The Labute approximate surface area is 163 Å². The minimum Gasteiger partial charge on any atom is -0.441 e. The highest BCUT2D eigenvalue weighted by molar-refractivity contribution is 5.76. The van der Waals surface area contributed by atoms with Gasteiger partial charge in [0.1, 0.15) is 11.6 Å². The first-order valence-corrected chi connectivity index (χ1v) is 10.00. The summed E-state index contributed by atoms with van der Waals surface area (Å²) in [5.41, 5.74) is 0.159. The largest absolute Gasteiger partial charge is 0.441 e. The number of nitrogens with zero attached hydrogens (tertiary/aromatic N) is 2. The van der Waals surface area contributed by atoms with Crippen molar-refractivity contribution in [2.45, 2.75) is 44.6 Å². The Kier molecular flexibility index (Phi) is 5.71. The lowest BCUT2D eigenvalue weighted by Gasteiger charge is -2.32. The van der Waals surface area contributed by atoms with Gasteiger partial charge in [0.15, 0.2) is 11.7 Å². The molecule has 0 atom stereocenters. The van der Waals surface area contributed by atoms with Crippen molar-refractivity contribution >= 4 is 5.91 Å². The van der Waals surface area contributed by atoms with E-state index < -0.39 is 11.6 Å². The van der Waals surface area contributed by atoms with E-state index in [2.05, 4.69) is 10.3 Å². The van der Waals surface area contributed by atoms with Gasteiger partial charge in [-0.3, -0.25) is 4.79 Å². The molecule has 2 fully saturated rings. The van der Waals surface area contributed by atoms with Crippen LogP contribution in [0.1, 0.15) is 38.0 Å². The van der Waals surface area contributed by atoms with Crippen LogP contribution in [-0.2, 0) is 11.2 Å². The van der Waals surface area contributed by atoms with E-state index in [1.165, 1.54) is 31.2 Å². The van der Waals surface area contributed by atoms with Crippen molar-refractivity contribution in [2.24, 2.45) is 5.92 Å². The van der Waals surface area contributed by atoms with Crippen LogP contribution in [0.4, 0.5) is 8.78 Å². The Morgan fingerprint density at radius 2 is 2.00 bits per heavy atom. The molecule has 1 N–H and O–H groups in total. The number of likely N-dealkylation sites (tertiary alicyclic amines) is 1. The van der Waals surface area contributed by atoms with Gasteiger partial charge in [0.2, 0.25) is 5.91 Å². The van der Waals surface area contributed by atoms with Crippen molar-refractivity contribution < 1.29 is 18.0 Å². The number of amides is 1. The number of rotatable bonds is 7. The first-order chi connectivity index (χ1) is 13.6. The third-order valence-corrected chi connectivity index (χ3v) is 5.54. The van der Waals surface area contributed by atoms with E-state index in [4.69, 9.17) is 4.42 Å². The average Bonchev–Trinajstić information content (AvgIpc) is 3.41. The minimum atomic E-state index is -0.697. The van der Waals surface area contributed by atoms with E-state index in [1.807, 2.05) is 4.90 Å². The van der Waals surface area contributed by atoms with E-state index in [1.54, 1.807) is 0 Å². The van der Waals surface area contributed by atoms with Crippen molar-refractivity contribution in [3.63, 3.8) is 0 Å². The molecule has 2 aliphatic rings. The smallest absolute Gasteiger partial charge is 0.223 e. The first-order valence-electron chi connectivity index (χ1n) is 10.00. The summed E-state index contributed by atoms with van der Waals surface area (Å²) in [6.45, 7) is 2.66. The van der Waals surface area contributed by atoms with Crippen LogP contribution in [0.2, 0.25) is 0 Å². The second kappa shape index (κ2) is 8.39. The van der Waals surface area contributed by atoms with Crippen LogP contribution in [0.25, 0.3) is 11.3 Å². The molecule has 1 aliphatic carbocycles. The zero-order valence-electron chi connectivity index (χ0n) is 15.8. The third-order valence-electron chi connectivity index (χ3n) is 5.54. The molecule has 4 rings (SSSR count). The SMILES string of the molecule is O=C(CCc1ncc(-c2ccc(F)cc2F)o1)N1CCC(NCC2CC2)CC1. The predicted molar refractivity (Wildman–Crippen MR) is 101 cm³/mol. The predicted octanol–water partition coefficient (Wildman–Crippen LogP) is 3.54. The zero-order chi connectivity index (χ0) is 19.5. The molecule has 0 unspecified atom stereocenters. The molecule has 1 aromatic heterocycles. The number of aryl methyl sites for hydroxylation is 1. The van der Waals surface area contributed by atoms with Gasteiger partial charge >= 0.3 is 0 Å². The molecule has 150 valence electrons. The lowest BCUT2D eigenvalue weighted by Crippen LogP contribution is -2.45. The number of hydrogen-bond acceptors (Lipinski definition) is 4. The quantitative estimate of drug-likeness (QED) is 0.787. The van der Waals surface area contributed by atoms with Crippen LogP contribution in [0.3, 0.4) is 0 Å². The number of carbonyl (C=O) groups excluding carboxylic acids is 1. The first kappa shape index (κ1) is 19.1. The molecule has 7 heteroatoms. The number of benzene rings is 1. The van der Waals surface area contributed by atoms with Gasteiger partial charge in [-0.1, -0.05) is 0 Å². The standard InChI is InChI=1S/C21H25F2N3O2/c22-15-3-4-17(18(23)11-15)19-13-25-20(28-19)5-6-21(27)26-9-7-16(8-10-26)24-12-14-1-2-14/h3-4,11,13-14,16,24H,1-2,5-10,12H2. The fourth-order valence-corrected chi connectivity index (χ4v) is 3.60. The average molecular weight is 389 g/mol. The van der Waals surface area contributed by atoms with Gasteiger partial charge in [0.25, 0.3) is 0 Å². The van der Waals surface area contributed by atoms with Gasteiger partial charge in [0, 0.05) is 38.0 Å². The number of nitrogens with one attached hydrogen (secondary N) is 1. The summed E-state index contributed by atoms with van der Waals surface area (Å²) >= 11 is 0. The zero-order valence-corrected chi connectivity index (χ0v) is 15.8. The van der Waals surface area contributed by atoms with Crippen LogP contribution in [-0.4, -0.2) is 41.5 Å². The molecule has 1 aliphatic heterocycles. The van der Waals surface area contributed by atoms with Gasteiger partial charge in [-0.25, -0.2) is 13.8 Å². The number of carbonyl (C=O) groups is 1. The molecule has 1 saturated heterocycles. The van der Waals surface area contributed by atoms with E-state index in [-0.39, 0.29) is 17.2 Å². The van der Waals surface area contributed by atoms with Crippen LogP contribution >= 0.6 is 0 Å². The Hall–Kier alpha value is -2.28. The maximum absolute atomic E-state index is 13.8. The van der Waals surface area contributed by atoms with Gasteiger partial charge in [-0.2, -0.15) is 0 Å². The Morgan fingerprint density at radius 1 is 1.21 bits per heavy atom. The molecule has 1 aromatic carbocycles. The molecule has 0 radical (unpaired) electrons. The van der Waals surface area contributed by atoms with E-state index >= 15 is 0 Å². The van der Waals surface area contributed by atoms with Crippen molar-refractivity contribution in [3.8, 4) is 11.3 Å². The van der Waals surface area contributed by atoms with E-state index in [0.29, 0.717) is 24.8 Å². The number of hydrogen-bond donors (Lipinski definition) is 1. The summed E-state index contributed by atoms with van der Waals surface area (Å²) in [6, 6.07) is 3.82. The lowest BCUT2D eigenvalue weighted by atomic mass is 10.0. The molecule has 1 amide bonds. The van der Waals surface area contributed by atoms with Gasteiger partial charge < -0.3 is 14.6 Å². The summed E-state index contributed by atoms with van der Waals surface area (Å²) in [7, 11) is 0. The molecule has 28 heavy (non-hydrogen) atoms. The van der Waals surface area contributed by atoms with Crippen molar-refractivity contribution in [2.75, 3.05) is 19.6 Å². The Morgan fingerprint density at radius 3 is 2.71 bits per heavy atom. The molecule has 1 saturated carbocycles. The summed E-state index contributed by atoms with van der Waals surface area (Å²) < 4.78 is 32.4. The number of piperidine rings is 1. The lowest BCUT2D eigenvalue weighted by molar-refractivity contribution is -0.132. The van der Waals surface area contributed by atoms with Crippen LogP contribution in [0.15, 0.2) is 28.8 Å². The van der Waals surface area contributed by atoms with Gasteiger partial charge in [-0.05, 0) is 50.3 Å². The van der Waals surface area contributed by atoms with E-state index in [0.717, 1.165) is 44.5 Å². The second-order valence-corrected chi connectivity index (χ2v) is 7.75. The summed E-state index contributed by atoms with van der Waals surface area (Å²) in [6.07, 6.45) is 6.76. The third kappa shape index (κ3) is 4.76. The summed E-state index contributed by atoms with van der Waals surface area (Å²) in [5.74, 6) is 0.243. The highest BCUT2D eigenvalue weighted by Crippen LogP contribution is 2.28. The Balaban J connectivity index is 1.24. The summed E-state index contributed by atoms with van der Waals surface area (Å²) in [4.78, 5) is 18.5. The van der Waals surface area contributed by atoms with E-state index in [9.17, 15) is 13.6 Å². The normalized spacial score (nSPS) is 17.9. The molecule has 2 heterocycles. The van der Waals surface area contributed by atoms with Crippen molar-refractivity contribution in [1.82, 2.24) is 15.2 Å². The molecule has 5 nitrogen and oxygen atoms in total.